The van der Waals surface area contributed by atoms with E-state index in [4.69, 9.17) is 14.9 Å². The fourth-order valence-corrected chi connectivity index (χ4v) is 6.00. The van der Waals surface area contributed by atoms with Crippen LogP contribution in [0.2, 0.25) is 0 Å². The molecule has 2 aliphatic heterocycles. The number of carbonyl (C=O) groups excluding carboxylic acids is 3. The van der Waals surface area contributed by atoms with Gasteiger partial charge < -0.3 is 35.4 Å². The van der Waals surface area contributed by atoms with Gasteiger partial charge >= 0.3 is 18.0 Å². The molecule has 5 N–H and O–H groups in total. The van der Waals surface area contributed by atoms with E-state index in [1.165, 1.54) is 42.6 Å². The monoisotopic (exact) mass is 749 g/mol. The van der Waals surface area contributed by atoms with Gasteiger partial charge in [0.1, 0.15) is 34.4 Å². The SMILES string of the molecule is CN1CCN(C2CCN(C(=O)Nc3cc(Oc4ccc(NC(=O)C5(C(=O)Nc6ccc(F)cc6)CC5)c(F)c4)ccn3)CC2)CC1.O=C(O)/C=C\C(=O)O. The molecule has 2 saturated heterocycles. The Bertz CT molecular complexity index is 1860. The fraction of sp³-hybridized carbons (Fsp3) is 0.351. The number of halogens is 2. The number of nitrogens with one attached hydrogen (secondary N) is 3. The maximum absolute atomic E-state index is 15.0. The number of likely N-dealkylation sites (tertiary alicyclic amines) is 1. The third kappa shape index (κ3) is 10.8. The largest absolute Gasteiger partial charge is 0.478 e. The van der Waals surface area contributed by atoms with Crippen molar-refractivity contribution >= 4 is 47.0 Å². The van der Waals surface area contributed by atoms with Crippen molar-refractivity contribution in [1.29, 1.82) is 0 Å². The molecule has 3 fully saturated rings. The second kappa shape index (κ2) is 17.7. The molecule has 3 aromatic rings. The number of ether oxygens (including phenoxy) is 1. The predicted molar refractivity (Wildman–Crippen MR) is 193 cm³/mol. The van der Waals surface area contributed by atoms with Gasteiger partial charge in [-0.3, -0.25) is 19.8 Å². The molecule has 0 bridgehead atoms. The van der Waals surface area contributed by atoms with E-state index in [0.29, 0.717) is 61.4 Å². The van der Waals surface area contributed by atoms with E-state index in [1.54, 1.807) is 17.0 Å². The number of rotatable bonds is 10. The maximum Gasteiger partial charge on any atom is 0.328 e. The highest BCUT2D eigenvalue weighted by Crippen LogP contribution is 2.47. The number of nitrogens with zero attached hydrogens (tertiary/aromatic N) is 4. The molecule has 6 rings (SSSR count). The van der Waals surface area contributed by atoms with Crippen LogP contribution in [0.1, 0.15) is 25.7 Å². The van der Waals surface area contributed by atoms with Crippen molar-refractivity contribution in [2.24, 2.45) is 5.41 Å². The number of aliphatic carboxylic acids is 2. The Hall–Kier alpha value is -5.94. The summed E-state index contributed by atoms with van der Waals surface area (Å²) in [6, 6.07) is 12.6. The number of benzene rings is 2. The van der Waals surface area contributed by atoms with Crippen LogP contribution in [0.25, 0.3) is 0 Å². The van der Waals surface area contributed by atoms with Gasteiger partial charge in [-0.1, -0.05) is 0 Å². The second-order valence-electron chi connectivity index (χ2n) is 13.1. The number of urea groups is 1. The average Bonchev–Trinajstić information content (AvgIpc) is 3.96. The van der Waals surface area contributed by atoms with Crippen LogP contribution in [0.3, 0.4) is 0 Å². The van der Waals surface area contributed by atoms with Crippen molar-refractivity contribution in [2.45, 2.75) is 31.7 Å². The van der Waals surface area contributed by atoms with Crippen molar-refractivity contribution in [3.05, 3.63) is 84.6 Å². The minimum absolute atomic E-state index is 0.0997. The Labute approximate surface area is 309 Å². The number of aromatic nitrogens is 1. The number of likely N-dealkylation sites (N-methyl/N-ethyl adjacent to an activating group) is 1. The summed E-state index contributed by atoms with van der Waals surface area (Å²) in [4.78, 5) is 68.7. The van der Waals surface area contributed by atoms with Crippen LogP contribution in [0.5, 0.6) is 11.5 Å². The van der Waals surface area contributed by atoms with Crippen molar-refractivity contribution < 1.29 is 47.7 Å². The number of pyridine rings is 1. The molecule has 1 saturated carbocycles. The zero-order valence-corrected chi connectivity index (χ0v) is 29.5. The van der Waals surface area contributed by atoms with E-state index in [2.05, 4.69) is 37.8 Å². The standard InChI is InChI=1S/C33H37F2N7O4.C4H4O4/c1-40-16-18-41(19-17-40)24-9-14-42(15-10-24)32(45)39-29-21-26(8-13-36-29)46-25-6-7-28(27(35)20-25)38-31(44)33(11-12-33)30(43)37-23-4-2-22(34)3-5-23;5-3(6)1-2-4(7)8/h2-8,13,20-21,24H,9-12,14-19H2,1H3,(H,37,43)(H,38,44)(H,36,39,45);1-2H,(H,5,6)(H,7,8)/b;2-1-. The highest BCUT2D eigenvalue weighted by Gasteiger charge is 2.56. The number of hydrogen-bond acceptors (Lipinski definition) is 9. The lowest BCUT2D eigenvalue weighted by molar-refractivity contribution is -0.134. The molecule has 0 unspecified atom stereocenters. The Morgan fingerprint density at radius 2 is 1.41 bits per heavy atom. The van der Waals surface area contributed by atoms with E-state index < -0.39 is 40.8 Å². The molecule has 17 heteroatoms. The van der Waals surface area contributed by atoms with Crippen molar-refractivity contribution in [3.8, 4) is 11.5 Å². The minimum atomic E-state index is -1.33. The van der Waals surface area contributed by atoms with E-state index in [1.807, 2.05) is 0 Å². The number of piperidine rings is 1. The van der Waals surface area contributed by atoms with Crippen LogP contribution in [-0.4, -0.2) is 112 Å². The molecule has 286 valence electrons. The lowest BCUT2D eigenvalue weighted by atomic mass is 10.0. The summed E-state index contributed by atoms with van der Waals surface area (Å²) < 4.78 is 34.0. The third-order valence-electron chi connectivity index (χ3n) is 9.29. The first-order valence-corrected chi connectivity index (χ1v) is 17.3. The number of hydrogen-bond donors (Lipinski definition) is 5. The average molecular weight is 750 g/mol. The van der Waals surface area contributed by atoms with Gasteiger partial charge in [0.05, 0.1) is 5.69 Å². The van der Waals surface area contributed by atoms with Gasteiger partial charge in [-0.2, -0.15) is 0 Å². The molecule has 1 aromatic heterocycles. The quantitative estimate of drug-likeness (QED) is 0.145. The van der Waals surface area contributed by atoms with Crippen molar-refractivity contribution in [3.63, 3.8) is 0 Å². The first-order valence-electron chi connectivity index (χ1n) is 17.3. The van der Waals surface area contributed by atoms with Gasteiger partial charge in [0.15, 0.2) is 0 Å². The maximum atomic E-state index is 15.0. The van der Waals surface area contributed by atoms with Gasteiger partial charge in [-0.25, -0.2) is 28.1 Å². The summed E-state index contributed by atoms with van der Waals surface area (Å²) in [5, 5.41) is 23.6. The molecule has 0 atom stereocenters. The number of anilines is 3. The van der Waals surface area contributed by atoms with Gasteiger partial charge in [-0.15, -0.1) is 0 Å². The van der Waals surface area contributed by atoms with Crippen LogP contribution < -0.4 is 20.7 Å². The summed E-state index contributed by atoms with van der Waals surface area (Å²) in [6.07, 6.45) is 5.08. The summed E-state index contributed by atoms with van der Waals surface area (Å²) in [7, 11) is 2.14. The number of carbonyl (C=O) groups is 5. The van der Waals surface area contributed by atoms with E-state index in [9.17, 15) is 28.4 Å². The molecule has 0 spiro atoms. The van der Waals surface area contributed by atoms with Gasteiger partial charge in [0, 0.05) is 81.5 Å². The molecule has 3 aliphatic rings. The summed E-state index contributed by atoms with van der Waals surface area (Å²) >= 11 is 0. The van der Waals surface area contributed by atoms with Gasteiger partial charge in [-0.05, 0) is 75.2 Å². The predicted octanol–water partition coefficient (Wildman–Crippen LogP) is 4.47. The zero-order chi connectivity index (χ0) is 38.8. The Morgan fingerprint density at radius 3 is 2.00 bits per heavy atom. The van der Waals surface area contributed by atoms with Crippen LogP contribution in [0, 0.1) is 17.0 Å². The lowest BCUT2D eigenvalue weighted by Gasteiger charge is -2.42. The summed E-state index contributed by atoms with van der Waals surface area (Å²) in [6.45, 7) is 5.60. The molecular weight excluding hydrogens is 708 g/mol. The molecule has 0 radical (unpaired) electrons. The van der Waals surface area contributed by atoms with Crippen LogP contribution in [0.15, 0.2) is 72.9 Å². The van der Waals surface area contributed by atoms with Crippen LogP contribution >= 0.6 is 0 Å². The molecule has 54 heavy (non-hydrogen) atoms. The second-order valence-corrected chi connectivity index (χ2v) is 13.1. The topological polar surface area (TPSA) is 194 Å². The summed E-state index contributed by atoms with van der Waals surface area (Å²) in [5.41, 5.74) is -1.07. The molecular formula is C37H41F2N7O8. The van der Waals surface area contributed by atoms with E-state index in [0.717, 1.165) is 45.1 Å². The van der Waals surface area contributed by atoms with Crippen molar-refractivity contribution in [2.75, 3.05) is 62.3 Å². The molecule has 1 aliphatic carbocycles. The number of piperazine rings is 1. The van der Waals surface area contributed by atoms with Crippen molar-refractivity contribution in [1.82, 2.24) is 19.7 Å². The van der Waals surface area contributed by atoms with Gasteiger partial charge in [0.25, 0.3) is 0 Å². The Morgan fingerprint density at radius 1 is 0.796 bits per heavy atom. The van der Waals surface area contributed by atoms with E-state index >= 15 is 4.39 Å². The van der Waals surface area contributed by atoms with Crippen LogP contribution in [-0.2, 0) is 19.2 Å². The fourth-order valence-electron chi connectivity index (χ4n) is 6.00. The highest BCUT2D eigenvalue weighted by atomic mass is 19.1. The first-order chi connectivity index (χ1) is 25.8. The third-order valence-corrected chi connectivity index (χ3v) is 9.29. The molecule has 3 heterocycles. The minimum Gasteiger partial charge on any atom is -0.478 e. The number of carboxylic acids is 2. The van der Waals surface area contributed by atoms with Crippen LogP contribution in [0.4, 0.5) is 30.8 Å². The summed E-state index contributed by atoms with van der Waals surface area (Å²) in [5.74, 6) is -4.06. The lowest BCUT2D eigenvalue weighted by Crippen LogP contribution is -2.53. The molecule has 15 nitrogen and oxygen atoms in total. The Kier molecular flexibility index (Phi) is 12.9. The molecule has 2 aromatic carbocycles. The number of amides is 4. The molecule has 4 amide bonds. The zero-order valence-electron chi connectivity index (χ0n) is 29.5. The smallest absolute Gasteiger partial charge is 0.328 e. The van der Waals surface area contributed by atoms with Gasteiger partial charge in [0.2, 0.25) is 11.8 Å². The van der Waals surface area contributed by atoms with E-state index in [-0.39, 0.29) is 17.5 Å². The Balaban J connectivity index is 0.000000631. The number of carboxylic acid groups (broad SMARTS) is 2. The first kappa shape index (κ1) is 39.3. The normalized spacial score (nSPS) is 17.1. The highest BCUT2D eigenvalue weighted by molar-refractivity contribution is 6.17.